The molecule has 2 aromatic rings. The number of nitro groups is 1. The van der Waals surface area contributed by atoms with Gasteiger partial charge in [0, 0.05) is 37.9 Å². The van der Waals surface area contributed by atoms with Crippen molar-refractivity contribution in [3.8, 4) is 0 Å². The van der Waals surface area contributed by atoms with Gasteiger partial charge in [0.2, 0.25) is 5.91 Å². The van der Waals surface area contributed by atoms with Crippen LogP contribution in [0.5, 0.6) is 0 Å². The van der Waals surface area contributed by atoms with Crippen LogP contribution in [0.2, 0.25) is 0 Å². The molecule has 0 atom stereocenters. The SMILES string of the molecule is Cc1cccc([N+](=O)[O-])c1NC(=O)CN1CCN(c2ccc(F)cc2)CC1. The number of carbonyl (C=O) groups excluding carboxylic acids is 1. The molecule has 1 heterocycles. The van der Waals surface area contributed by atoms with E-state index in [2.05, 4.69) is 10.2 Å². The van der Waals surface area contributed by atoms with Gasteiger partial charge in [0.25, 0.3) is 5.69 Å². The van der Waals surface area contributed by atoms with Crippen LogP contribution < -0.4 is 10.2 Å². The van der Waals surface area contributed by atoms with E-state index in [0.29, 0.717) is 18.7 Å². The summed E-state index contributed by atoms with van der Waals surface area (Å²) in [5.74, 6) is -0.540. The maximum absolute atomic E-state index is 13.0. The molecule has 0 spiro atoms. The molecule has 0 aromatic heterocycles. The Hall–Kier alpha value is -3.00. The first-order chi connectivity index (χ1) is 12.9. The maximum atomic E-state index is 13.0. The number of nitrogens with zero attached hydrogens (tertiary/aromatic N) is 3. The molecule has 1 amide bonds. The quantitative estimate of drug-likeness (QED) is 0.645. The first kappa shape index (κ1) is 18.8. The summed E-state index contributed by atoms with van der Waals surface area (Å²) in [6.07, 6.45) is 0. The Kier molecular flexibility index (Phi) is 5.66. The lowest BCUT2D eigenvalue weighted by atomic mass is 10.1. The summed E-state index contributed by atoms with van der Waals surface area (Å²) in [4.78, 5) is 27.2. The van der Waals surface area contributed by atoms with Crippen molar-refractivity contribution < 1.29 is 14.1 Å². The van der Waals surface area contributed by atoms with Crippen molar-refractivity contribution in [1.29, 1.82) is 0 Å². The Morgan fingerprint density at radius 3 is 2.44 bits per heavy atom. The van der Waals surface area contributed by atoms with Crippen LogP contribution in [0, 0.1) is 22.9 Å². The van der Waals surface area contributed by atoms with E-state index in [1.807, 2.05) is 4.90 Å². The van der Waals surface area contributed by atoms with E-state index < -0.39 is 4.92 Å². The van der Waals surface area contributed by atoms with Gasteiger partial charge in [-0.2, -0.15) is 0 Å². The highest BCUT2D eigenvalue weighted by Crippen LogP contribution is 2.27. The number of aryl methyl sites for hydroxylation is 1. The van der Waals surface area contributed by atoms with Gasteiger partial charge < -0.3 is 10.2 Å². The van der Waals surface area contributed by atoms with Crippen molar-refractivity contribution in [2.24, 2.45) is 0 Å². The van der Waals surface area contributed by atoms with Gasteiger partial charge in [-0.15, -0.1) is 0 Å². The molecule has 8 heteroatoms. The summed E-state index contributed by atoms with van der Waals surface area (Å²) in [5, 5.41) is 13.8. The second-order valence-corrected chi connectivity index (χ2v) is 6.51. The summed E-state index contributed by atoms with van der Waals surface area (Å²) in [6, 6.07) is 11.1. The summed E-state index contributed by atoms with van der Waals surface area (Å²) in [7, 11) is 0. The lowest BCUT2D eigenvalue weighted by molar-refractivity contribution is -0.384. The number of carbonyl (C=O) groups is 1. The molecule has 1 aliphatic heterocycles. The highest BCUT2D eigenvalue weighted by atomic mass is 19.1. The molecule has 1 N–H and O–H groups in total. The molecule has 0 saturated carbocycles. The van der Waals surface area contributed by atoms with Crippen LogP contribution in [-0.2, 0) is 4.79 Å². The van der Waals surface area contributed by atoms with Gasteiger partial charge in [0.15, 0.2) is 0 Å². The minimum Gasteiger partial charge on any atom is -0.369 e. The lowest BCUT2D eigenvalue weighted by Gasteiger charge is -2.35. The number of hydrogen-bond acceptors (Lipinski definition) is 5. The molecule has 0 bridgehead atoms. The van der Waals surface area contributed by atoms with Gasteiger partial charge in [-0.25, -0.2) is 4.39 Å². The van der Waals surface area contributed by atoms with Crippen LogP contribution in [-0.4, -0.2) is 48.5 Å². The summed E-state index contributed by atoms with van der Waals surface area (Å²) >= 11 is 0. The highest BCUT2D eigenvalue weighted by molar-refractivity contribution is 5.95. The van der Waals surface area contributed by atoms with Gasteiger partial charge in [-0.05, 0) is 36.8 Å². The largest absolute Gasteiger partial charge is 0.369 e. The zero-order valence-electron chi connectivity index (χ0n) is 15.0. The van der Waals surface area contributed by atoms with Crippen LogP contribution >= 0.6 is 0 Å². The third kappa shape index (κ3) is 4.59. The zero-order chi connectivity index (χ0) is 19.4. The fourth-order valence-electron chi connectivity index (χ4n) is 3.17. The Bertz CT molecular complexity index is 833. The predicted molar refractivity (Wildman–Crippen MR) is 102 cm³/mol. The van der Waals surface area contributed by atoms with Gasteiger partial charge in [-0.3, -0.25) is 19.8 Å². The van der Waals surface area contributed by atoms with Gasteiger partial charge >= 0.3 is 0 Å². The topological polar surface area (TPSA) is 78.7 Å². The molecular weight excluding hydrogens is 351 g/mol. The summed E-state index contributed by atoms with van der Waals surface area (Å²) < 4.78 is 13.0. The van der Waals surface area contributed by atoms with Gasteiger partial charge in [0.1, 0.15) is 11.5 Å². The minimum absolute atomic E-state index is 0.107. The number of nitro benzene ring substituents is 1. The number of amides is 1. The number of benzene rings is 2. The fourth-order valence-corrected chi connectivity index (χ4v) is 3.17. The number of nitrogens with one attached hydrogen (secondary N) is 1. The van der Waals surface area contributed by atoms with E-state index >= 15 is 0 Å². The van der Waals surface area contributed by atoms with Crippen LogP contribution in [0.25, 0.3) is 0 Å². The maximum Gasteiger partial charge on any atom is 0.293 e. The molecule has 0 aliphatic carbocycles. The zero-order valence-corrected chi connectivity index (χ0v) is 15.0. The third-order valence-electron chi connectivity index (χ3n) is 4.64. The van der Waals surface area contributed by atoms with E-state index in [-0.39, 0.29) is 29.6 Å². The van der Waals surface area contributed by atoms with Crippen LogP contribution in [0.15, 0.2) is 42.5 Å². The molecule has 1 saturated heterocycles. The number of piperazine rings is 1. The number of para-hydroxylation sites is 1. The number of anilines is 2. The second-order valence-electron chi connectivity index (χ2n) is 6.51. The number of halogens is 1. The highest BCUT2D eigenvalue weighted by Gasteiger charge is 2.22. The van der Waals surface area contributed by atoms with Crippen LogP contribution in [0.4, 0.5) is 21.5 Å². The smallest absolute Gasteiger partial charge is 0.293 e. The molecule has 1 fully saturated rings. The van der Waals surface area contributed by atoms with Crippen molar-refractivity contribution in [2.45, 2.75) is 6.92 Å². The molecular formula is C19H21FN4O3. The first-order valence-corrected chi connectivity index (χ1v) is 8.71. The monoisotopic (exact) mass is 372 g/mol. The van der Waals surface area contributed by atoms with Crippen molar-refractivity contribution >= 4 is 23.0 Å². The van der Waals surface area contributed by atoms with Gasteiger partial charge in [-0.1, -0.05) is 12.1 Å². The molecule has 27 heavy (non-hydrogen) atoms. The summed E-state index contributed by atoms with van der Waals surface area (Å²) in [6.45, 7) is 4.71. The Labute approximate surface area is 156 Å². The van der Waals surface area contributed by atoms with Crippen molar-refractivity contribution in [1.82, 2.24) is 4.90 Å². The van der Waals surface area contributed by atoms with E-state index in [9.17, 15) is 19.3 Å². The normalized spacial score (nSPS) is 14.8. The van der Waals surface area contributed by atoms with Crippen molar-refractivity contribution in [3.05, 3.63) is 64.0 Å². The van der Waals surface area contributed by atoms with Crippen LogP contribution in [0.1, 0.15) is 5.56 Å². The average molecular weight is 372 g/mol. The second kappa shape index (κ2) is 8.13. The van der Waals surface area contributed by atoms with Crippen molar-refractivity contribution in [3.63, 3.8) is 0 Å². The molecule has 3 rings (SSSR count). The van der Waals surface area contributed by atoms with Gasteiger partial charge in [0.05, 0.1) is 11.5 Å². The Balaban J connectivity index is 1.56. The fraction of sp³-hybridized carbons (Fsp3) is 0.316. The molecule has 7 nitrogen and oxygen atoms in total. The van der Waals surface area contributed by atoms with Crippen LogP contribution in [0.3, 0.4) is 0 Å². The molecule has 142 valence electrons. The molecule has 0 radical (unpaired) electrons. The predicted octanol–water partition coefficient (Wildman–Crippen LogP) is 2.80. The molecule has 1 aliphatic rings. The minimum atomic E-state index is -0.496. The van der Waals surface area contributed by atoms with E-state index in [0.717, 1.165) is 18.8 Å². The number of hydrogen-bond donors (Lipinski definition) is 1. The first-order valence-electron chi connectivity index (χ1n) is 8.71. The third-order valence-corrected chi connectivity index (χ3v) is 4.64. The Morgan fingerprint density at radius 1 is 1.15 bits per heavy atom. The van der Waals surface area contributed by atoms with E-state index in [1.165, 1.54) is 18.2 Å². The van der Waals surface area contributed by atoms with E-state index in [1.54, 1.807) is 31.2 Å². The standard InChI is InChI=1S/C19H21FN4O3/c1-14-3-2-4-17(24(26)27)19(14)21-18(25)13-22-9-11-23(12-10-22)16-7-5-15(20)6-8-16/h2-8H,9-13H2,1H3,(H,21,25). The molecule has 2 aromatic carbocycles. The Morgan fingerprint density at radius 2 is 1.81 bits per heavy atom. The lowest BCUT2D eigenvalue weighted by Crippen LogP contribution is -2.48. The van der Waals surface area contributed by atoms with Crippen molar-refractivity contribution in [2.75, 3.05) is 42.9 Å². The molecule has 0 unspecified atom stereocenters. The average Bonchev–Trinajstić information content (AvgIpc) is 2.64. The number of rotatable bonds is 5. The summed E-state index contributed by atoms with van der Waals surface area (Å²) in [5.41, 5.74) is 1.75. The van der Waals surface area contributed by atoms with E-state index in [4.69, 9.17) is 0 Å².